The lowest BCUT2D eigenvalue weighted by atomic mass is 10.1. The minimum absolute atomic E-state index is 0.310. The molecule has 0 atom stereocenters. The van der Waals surface area contributed by atoms with Crippen LogP contribution in [-0.2, 0) is 11.8 Å². The molecule has 0 aliphatic rings. The number of rotatable bonds is 4. The summed E-state index contributed by atoms with van der Waals surface area (Å²) in [6.07, 6.45) is 1.11. The van der Waals surface area contributed by atoms with Crippen molar-refractivity contribution < 1.29 is 9.53 Å². The molecule has 2 aromatic carbocycles. The maximum atomic E-state index is 11.4. The fourth-order valence-corrected chi connectivity index (χ4v) is 2.81. The van der Waals surface area contributed by atoms with Crippen LogP contribution < -0.4 is 5.43 Å². The minimum atomic E-state index is -0.560. The standard InChI is InChI=1S/C19H19N3O2/c1-3-24-19(23)21-20-13-16-15-11-7-8-12-17(15)22(2)18(16)14-9-5-4-6-10-14/h4-13H,3H2,1-2H3,(H,21,23)/b20-13+. The Hall–Kier alpha value is -3.08. The van der Waals surface area contributed by atoms with Gasteiger partial charge in [0.05, 0.1) is 18.5 Å². The summed E-state index contributed by atoms with van der Waals surface area (Å²) in [6.45, 7) is 2.06. The van der Waals surface area contributed by atoms with Crippen LogP contribution in [0.3, 0.4) is 0 Å². The summed E-state index contributed by atoms with van der Waals surface area (Å²) in [4.78, 5) is 11.4. The van der Waals surface area contributed by atoms with E-state index in [1.807, 2.05) is 43.4 Å². The van der Waals surface area contributed by atoms with E-state index in [-0.39, 0.29) is 0 Å². The SMILES string of the molecule is CCOC(=O)N/N=C/c1c(-c2ccccc2)n(C)c2ccccc12. The molecule has 1 amide bonds. The maximum absolute atomic E-state index is 11.4. The van der Waals surface area contributed by atoms with Crippen LogP contribution in [0.4, 0.5) is 4.79 Å². The Kier molecular flexibility index (Phi) is 4.61. The van der Waals surface area contributed by atoms with Gasteiger partial charge in [-0.3, -0.25) is 0 Å². The second-order valence-corrected chi connectivity index (χ2v) is 5.29. The van der Waals surface area contributed by atoms with Crippen molar-refractivity contribution in [1.29, 1.82) is 0 Å². The van der Waals surface area contributed by atoms with E-state index < -0.39 is 6.09 Å². The van der Waals surface area contributed by atoms with Crippen molar-refractivity contribution in [2.45, 2.75) is 6.92 Å². The Labute approximate surface area is 140 Å². The van der Waals surface area contributed by atoms with Crippen molar-refractivity contribution >= 4 is 23.2 Å². The van der Waals surface area contributed by atoms with Crippen molar-refractivity contribution in [2.75, 3.05) is 6.61 Å². The Morgan fingerprint density at radius 2 is 1.88 bits per heavy atom. The molecule has 24 heavy (non-hydrogen) atoms. The summed E-state index contributed by atoms with van der Waals surface area (Å²) < 4.78 is 6.95. The highest BCUT2D eigenvalue weighted by molar-refractivity contribution is 6.06. The van der Waals surface area contributed by atoms with Crippen LogP contribution in [0.1, 0.15) is 12.5 Å². The monoisotopic (exact) mass is 321 g/mol. The molecular formula is C19H19N3O2. The summed E-state index contributed by atoms with van der Waals surface area (Å²) in [5.41, 5.74) is 6.58. The van der Waals surface area contributed by atoms with E-state index in [0.717, 1.165) is 27.7 Å². The number of nitrogens with zero attached hydrogens (tertiary/aromatic N) is 2. The van der Waals surface area contributed by atoms with Gasteiger partial charge in [0.1, 0.15) is 0 Å². The van der Waals surface area contributed by atoms with Crippen molar-refractivity contribution in [3.8, 4) is 11.3 Å². The van der Waals surface area contributed by atoms with E-state index in [2.05, 4.69) is 33.3 Å². The Morgan fingerprint density at radius 3 is 2.62 bits per heavy atom. The third kappa shape index (κ3) is 3.01. The quantitative estimate of drug-likeness (QED) is 0.585. The van der Waals surface area contributed by atoms with Crippen LogP contribution in [0, 0.1) is 0 Å². The van der Waals surface area contributed by atoms with Gasteiger partial charge >= 0.3 is 6.09 Å². The zero-order valence-corrected chi connectivity index (χ0v) is 13.7. The first-order chi connectivity index (χ1) is 11.7. The van der Waals surface area contributed by atoms with Gasteiger partial charge in [-0.15, -0.1) is 0 Å². The van der Waals surface area contributed by atoms with E-state index in [4.69, 9.17) is 4.74 Å². The van der Waals surface area contributed by atoms with Gasteiger partial charge in [-0.1, -0.05) is 48.5 Å². The van der Waals surface area contributed by atoms with Gasteiger partial charge < -0.3 is 9.30 Å². The van der Waals surface area contributed by atoms with E-state index in [0.29, 0.717) is 6.61 Å². The summed E-state index contributed by atoms with van der Waals surface area (Å²) in [7, 11) is 2.03. The topological polar surface area (TPSA) is 55.6 Å². The molecule has 0 fully saturated rings. The summed E-state index contributed by atoms with van der Waals surface area (Å²) >= 11 is 0. The third-order valence-electron chi connectivity index (χ3n) is 3.82. The number of para-hydroxylation sites is 1. The lowest BCUT2D eigenvalue weighted by molar-refractivity contribution is 0.152. The van der Waals surface area contributed by atoms with Gasteiger partial charge in [0.15, 0.2) is 0 Å². The third-order valence-corrected chi connectivity index (χ3v) is 3.82. The molecule has 1 N–H and O–H groups in total. The number of ether oxygens (including phenoxy) is 1. The Balaban J connectivity index is 2.08. The van der Waals surface area contributed by atoms with Crippen molar-refractivity contribution in [3.63, 3.8) is 0 Å². The molecule has 0 unspecified atom stereocenters. The predicted molar refractivity (Wildman–Crippen MR) is 96.1 cm³/mol. The zero-order valence-electron chi connectivity index (χ0n) is 13.7. The smallest absolute Gasteiger partial charge is 0.427 e. The highest BCUT2D eigenvalue weighted by Gasteiger charge is 2.14. The lowest BCUT2D eigenvalue weighted by Gasteiger charge is -2.06. The van der Waals surface area contributed by atoms with Gasteiger partial charge in [-0.2, -0.15) is 5.10 Å². The number of aromatic nitrogens is 1. The van der Waals surface area contributed by atoms with Gasteiger partial charge in [0, 0.05) is 23.5 Å². The number of nitrogens with one attached hydrogen (secondary N) is 1. The molecule has 0 saturated heterocycles. The van der Waals surface area contributed by atoms with Crippen LogP contribution >= 0.6 is 0 Å². The van der Waals surface area contributed by atoms with Crippen molar-refractivity contribution in [3.05, 3.63) is 60.2 Å². The van der Waals surface area contributed by atoms with Crippen LogP contribution in [0.25, 0.3) is 22.2 Å². The van der Waals surface area contributed by atoms with Crippen LogP contribution in [0.15, 0.2) is 59.7 Å². The maximum Gasteiger partial charge on any atom is 0.427 e. The van der Waals surface area contributed by atoms with Crippen LogP contribution in [-0.4, -0.2) is 23.5 Å². The molecule has 0 saturated carbocycles. The van der Waals surface area contributed by atoms with Crippen LogP contribution in [0.2, 0.25) is 0 Å². The summed E-state index contributed by atoms with van der Waals surface area (Å²) in [5, 5.41) is 5.12. The zero-order chi connectivity index (χ0) is 16.9. The molecule has 122 valence electrons. The number of fused-ring (bicyclic) bond motifs is 1. The molecule has 0 aliphatic carbocycles. The number of hydrogen-bond donors (Lipinski definition) is 1. The number of carbonyl (C=O) groups excluding carboxylic acids is 1. The van der Waals surface area contributed by atoms with E-state index in [9.17, 15) is 4.79 Å². The van der Waals surface area contributed by atoms with Crippen molar-refractivity contribution in [1.82, 2.24) is 9.99 Å². The summed E-state index contributed by atoms with van der Waals surface area (Å²) in [5.74, 6) is 0. The number of aryl methyl sites for hydroxylation is 1. The highest BCUT2D eigenvalue weighted by atomic mass is 16.5. The fraction of sp³-hybridized carbons (Fsp3) is 0.158. The molecule has 0 aliphatic heterocycles. The van der Waals surface area contributed by atoms with E-state index in [1.54, 1.807) is 13.1 Å². The Morgan fingerprint density at radius 1 is 1.17 bits per heavy atom. The van der Waals surface area contributed by atoms with Crippen molar-refractivity contribution in [2.24, 2.45) is 12.1 Å². The number of amides is 1. The lowest BCUT2D eigenvalue weighted by Crippen LogP contribution is -2.18. The first-order valence-electron chi connectivity index (χ1n) is 7.81. The van der Waals surface area contributed by atoms with Gasteiger partial charge in [-0.05, 0) is 18.6 Å². The number of hydrazone groups is 1. The molecule has 5 nitrogen and oxygen atoms in total. The first-order valence-corrected chi connectivity index (χ1v) is 7.81. The molecule has 3 rings (SSSR count). The largest absolute Gasteiger partial charge is 0.449 e. The van der Waals surface area contributed by atoms with E-state index >= 15 is 0 Å². The second-order valence-electron chi connectivity index (χ2n) is 5.29. The normalized spacial score (nSPS) is 11.1. The second kappa shape index (κ2) is 7.00. The Bertz CT molecular complexity index is 882. The first kappa shape index (κ1) is 15.8. The molecule has 1 aromatic heterocycles. The molecule has 0 spiro atoms. The highest BCUT2D eigenvalue weighted by Crippen LogP contribution is 2.31. The van der Waals surface area contributed by atoms with Gasteiger partial charge in [-0.25, -0.2) is 10.2 Å². The average molecular weight is 321 g/mol. The fourth-order valence-electron chi connectivity index (χ4n) is 2.81. The van der Waals surface area contributed by atoms with E-state index in [1.165, 1.54) is 0 Å². The van der Waals surface area contributed by atoms with Gasteiger partial charge in [0.25, 0.3) is 0 Å². The average Bonchev–Trinajstić information content (AvgIpc) is 2.89. The molecule has 1 heterocycles. The molecule has 3 aromatic rings. The predicted octanol–water partition coefficient (Wildman–Crippen LogP) is 3.93. The molecule has 0 bridgehead atoms. The minimum Gasteiger partial charge on any atom is -0.449 e. The van der Waals surface area contributed by atoms with Gasteiger partial charge in [0.2, 0.25) is 0 Å². The molecular weight excluding hydrogens is 302 g/mol. The molecule has 5 heteroatoms. The summed E-state index contributed by atoms with van der Waals surface area (Å²) in [6, 6.07) is 18.2. The number of benzene rings is 2. The number of hydrogen-bond acceptors (Lipinski definition) is 3. The number of carbonyl (C=O) groups is 1. The van der Waals surface area contributed by atoms with Crippen LogP contribution in [0.5, 0.6) is 0 Å². The molecule has 0 radical (unpaired) electrons.